The highest BCUT2D eigenvalue weighted by atomic mass is 16.3. The number of phenolic OH excluding ortho intramolecular Hbond substituents is 1. The summed E-state index contributed by atoms with van der Waals surface area (Å²) in [6, 6.07) is 4.97. The van der Waals surface area contributed by atoms with Crippen molar-refractivity contribution < 1.29 is 9.90 Å². The van der Waals surface area contributed by atoms with Gasteiger partial charge in [0.05, 0.1) is 12.1 Å². The average Bonchev–Trinajstić information content (AvgIpc) is 2.31. The molecule has 0 aliphatic carbocycles. The molecular weight excluding hydrogens is 214 g/mol. The molecule has 1 rings (SSSR count). The molecule has 1 aromatic carbocycles. The summed E-state index contributed by atoms with van der Waals surface area (Å²) >= 11 is 0. The Balaban J connectivity index is 3.00. The van der Waals surface area contributed by atoms with Crippen molar-refractivity contribution >= 4 is 5.91 Å². The maximum Gasteiger partial charge on any atom is 0.258 e. The number of rotatable bonds is 4. The first-order chi connectivity index (χ1) is 8.10. The highest BCUT2D eigenvalue weighted by molar-refractivity contribution is 5.97. The number of amides is 1. The van der Waals surface area contributed by atoms with E-state index in [1.807, 2.05) is 13.8 Å². The molecule has 1 N–H and O–H groups in total. The van der Waals surface area contributed by atoms with E-state index in [4.69, 9.17) is 6.42 Å². The molecule has 17 heavy (non-hydrogen) atoms. The zero-order valence-corrected chi connectivity index (χ0v) is 10.2. The van der Waals surface area contributed by atoms with E-state index in [0.717, 1.165) is 12.0 Å². The highest BCUT2D eigenvalue weighted by Gasteiger charge is 2.17. The van der Waals surface area contributed by atoms with E-state index in [9.17, 15) is 9.90 Å². The van der Waals surface area contributed by atoms with E-state index in [-0.39, 0.29) is 18.2 Å². The van der Waals surface area contributed by atoms with Crippen LogP contribution < -0.4 is 0 Å². The summed E-state index contributed by atoms with van der Waals surface area (Å²) in [5, 5.41) is 9.69. The molecule has 0 atom stereocenters. The number of hydrogen-bond acceptors (Lipinski definition) is 2. The monoisotopic (exact) mass is 231 g/mol. The molecule has 1 amide bonds. The Morgan fingerprint density at radius 1 is 1.53 bits per heavy atom. The average molecular weight is 231 g/mol. The van der Waals surface area contributed by atoms with E-state index in [1.54, 1.807) is 17.0 Å². The maximum absolute atomic E-state index is 12.2. The number of carbonyl (C=O) groups is 1. The zero-order chi connectivity index (χ0) is 12.8. The fourth-order valence-corrected chi connectivity index (χ4v) is 1.62. The molecule has 3 nitrogen and oxygen atoms in total. The quantitative estimate of drug-likeness (QED) is 0.807. The molecule has 0 heterocycles. The number of phenols is 1. The standard InChI is InChI=1S/C14H17NO2/c1-4-8-15(9-5-2)14(17)12-10-11(3)6-7-13(12)16/h1,6-7,10,16H,5,8-9H2,2-3H3. The van der Waals surface area contributed by atoms with E-state index >= 15 is 0 Å². The molecule has 1 aromatic rings. The molecule has 0 aliphatic rings. The Morgan fingerprint density at radius 3 is 2.82 bits per heavy atom. The van der Waals surface area contributed by atoms with Crippen LogP contribution in [0.4, 0.5) is 0 Å². The van der Waals surface area contributed by atoms with Crippen LogP contribution in [0.2, 0.25) is 0 Å². The molecular formula is C14H17NO2. The summed E-state index contributed by atoms with van der Waals surface area (Å²) in [6.07, 6.45) is 6.07. The largest absolute Gasteiger partial charge is 0.507 e. The minimum absolute atomic E-state index is 0.00118. The number of benzene rings is 1. The summed E-state index contributed by atoms with van der Waals surface area (Å²) in [4.78, 5) is 13.7. The predicted octanol–water partition coefficient (Wildman–Crippen LogP) is 2.19. The molecule has 0 saturated heterocycles. The van der Waals surface area contributed by atoms with Gasteiger partial charge in [0.25, 0.3) is 5.91 Å². The number of aryl methyl sites for hydroxylation is 1. The van der Waals surface area contributed by atoms with Crippen LogP contribution in [0.5, 0.6) is 5.75 Å². The van der Waals surface area contributed by atoms with Crippen molar-refractivity contribution in [2.24, 2.45) is 0 Å². The van der Waals surface area contributed by atoms with Gasteiger partial charge >= 0.3 is 0 Å². The Kier molecular flexibility index (Phi) is 4.59. The van der Waals surface area contributed by atoms with Crippen LogP contribution in [0.25, 0.3) is 0 Å². The lowest BCUT2D eigenvalue weighted by Crippen LogP contribution is -2.32. The summed E-state index contributed by atoms with van der Waals surface area (Å²) in [5.41, 5.74) is 1.25. The van der Waals surface area contributed by atoms with Crippen LogP contribution >= 0.6 is 0 Å². The van der Waals surface area contributed by atoms with Crippen molar-refractivity contribution in [2.45, 2.75) is 20.3 Å². The molecule has 3 heteroatoms. The number of hydrogen-bond donors (Lipinski definition) is 1. The van der Waals surface area contributed by atoms with Crippen LogP contribution in [0, 0.1) is 19.3 Å². The normalized spacial score (nSPS) is 9.71. The summed E-state index contributed by atoms with van der Waals surface area (Å²) in [7, 11) is 0. The lowest BCUT2D eigenvalue weighted by molar-refractivity contribution is 0.0774. The van der Waals surface area contributed by atoms with Crippen LogP contribution in [0.1, 0.15) is 29.3 Å². The van der Waals surface area contributed by atoms with Gasteiger partial charge in [0.1, 0.15) is 5.75 Å². The summed E-state index contributed by atoms with van der Waals surface area (Å²) in [5.74, 6) is 2.24. The SMILES string of the molecule is C#CCN(CCC)C(=O)c1cc(C)ccc1O. The minimum Gasteiger partial charge on any atom is -0.507 e. The summed E-state index contributed by atoms with van der Waals surface area (Å²) in [6.45, 7) is 4.71. The van der Waals surface area contributed by atoms with Crippen LogP contribution in [0.15, 0.2) is 18.2 Å². The molecule has 0 spiro atoms. The van der Waals surface area contributed by atoms with Gasteiger partial charge in [-0.15, -0.1) is 6.42 Å². The van der Waals surface area contributed by atoms with Crippen molar-refractivity contribution in [1.29, 1.82) is 0 Å². The van der Waals surface area contributed by atoms with Crippen LogP contribution in [0.3, 0.4) is 0 Å². The molecule has 0 bridgehead atoms. The minimum atomic E-state index is -0.217. The Labute approximate surface area is 102 Å². The molecule has 0 unspecified atom stereocenters. The van der Waals surface area contributed by atoms with E-state index < -0.39 is 0 Å². The van der Waals surface area contributed by atoms with Crippen molar-refractivity contribution in [1.82, 2.24) is 4.90 Å². The van der Waals surface area contributed by atoms with Gasteiger partial charge in [0.15, 0.2) is 0 Å². The lowest BCUT2D eigenvalue weighted by atomic mass is 10.1. The summed E-state index contributed by atoms with van der Waals surface area (Å²) < 4.78 is 0. The third-order valence-corrected chi connectivity index (χ3v) is 2.45. The zero-order valence-electron chi connectivity index (χ0n) is 10.2. The van der Waals surface area contributed by atoms with Gasteiger partial charge in [0, 0.05) is 6.54 Å². The lowest BCUT2D eigenvalue weighted by Gasteiger charge is -2.20. The fraction of sp³-hybridized carbons (Fsp3) is 0.357. The first kappa shape index (κ1) is 13.1. The van der Waals surface area contributed by atoms with Crippen molar-refractivity contribution in [3.63, 3.8) is 0 Å². The Morgan fingerprint density at radius 2 is 2.24 bits per heavy atom. The second kappa shape index (κ2) is 5.95. The predicted molar refractivity (Wildman–Crippen MR) is 67.9 cm³/mol. The van der Waals surface area contributed by atoms with Crippen molar-refractivity contribution in [3.8, 4) is 18.1 Å². The van der Waals surface area contributed by atoms with Gasteiger partial charge < -0.3 is 10.0 Å². The number of aromatic hydroxyl groups is 1. The molecule has 90 valence electrons. The van der Waals surface area contributed by atoms with Crippen LogP contribution in [-0.4, -0.2) is 29.0 Å². The first-order valence-corrected chi connectivity index (χ1v) is 5.62. The molecule has 0 saturated carbocycles. The molecule has 0 aliphatic heterocycles. The highest BCUT2D eigenvalue weighted by Crippen LogP contribution is 2.20. The van der Waals surface area contributed by atoms with Gasteiger partial charge in [-0.05, 0) is 25.5 Å². The number of carbonyl (C=O) groups excluding carboxylic acids is 1. The molecule has 0 fully saturated rings. The fourth-order valence-electron chi connectivity index (χ4n) is 1.62. The van der Waals surface area contributed by atoms with Gasteiger partial charge in [-0.2, -0.15) is 0 Å². The number of nitrogens with zero attached hydrogens (tertiary/aromatic N) is 1. The van der Waals surface area contributed by atoms with Crippen molar-refractivity contribution in [2.75, 3.05) is 13.1 Å². The van der Waals surface area contributed by atoms with E-state index in [2.05, 4.69) is 5.92 Å². The smallest absolute Gasteiger partial charge is 0.258 e. The van der Waals surface area contributed by atoms with Gasteiger partial charge in [-0.3, -0.25) is 4.79 Å². The Hall–Kier alpha value is -1.95. The second-order valence-electron chi connectivity index (χ2n) is 3.95. The second-order valence-corrected chi connectivity index (χ2v) is 3.95. The Bertz CT molecular complexity index is 446. The third kappa shape index (κ3) is 3.25. The van der Waals surface area contributed by atoms with Gasteiger partial charge in [-0.25, -0.2) is 0 Å². The number of terminal acetylenes is 1. The van der Waals surface area contributed by atoms with Gasteiger partial charge in [-0.1, -0.05) is 24.5 Å². The van der Waals surface area contributed by atoms with Gasteiger partial charge in [0.2, 0.25) is 0 Å². The molecule has 0 aromatic heterocycles. The van der Waals surface area contributed by atoms with Crippen LogP contribution in [-0.2, 0) is 0 Å². The third-order valence-electron chi connectivity index (χ3n) is 2.45. The van der Waals surface area contributed by atoms with E-state index in [0.29, 0.717) is 12.1 Å². The van der Waals surface area contributed by atoms with E-state index in [1.165, 1.54) is 6.07 Å². The van der Waals surface area contributed by atoms with Crippen molar-refractivity contribution in [3.05, 3.63) is 29.3 Å². The topological polar surface area (TPSA) is 40.5 Å². The molecule has 0 radical (unpaired) electrons. The first-order valence-electron chi connectivity index (χ1n) is 5.62. The maximum atomic E-state index is 12.2.